The topological polar surface area (TPSA) is 73.8 Å². The molecule has 0 saturated heterocycles. The first-order valence-electron chi connectivity index (χ1n) is 5.30. The van der Waals surface area contributed by atoms with Crippen LogP contribution in [0, 0.1) is 0 Å². The van der Waals surface area contributed by atoms with Crippen molar-refractivity contribution in [3.63, 3.8) is 0 Å². The second-order valence-electron chi connectivity index (χ2n) is 3.80. The molecule has 3 aromatic rings. The maximum atomic E-state index is 12.0. The number of fused-ring (bicyclic) bond motifs is 3. The van der Waals surface area contributed by atoms with E-state index < -0.39 is 11.5 Å². The van der Waals surface area contributed by atoms with Crippen LogP contribution in [0.2, 0.25) is 5.02 Å². The van der Waals surface area contributed by atoms with E-state index in [1.807, 2.05) is 0 Å². The van der Waals surface area contributed by atoms with Crippen molar-refractivity contribution in [1.82, 2.24) is 9.38 Å². The summed E-state index contributed by atoms with van der Waals surface area (Å²) in [7, 11) is 1.21. The molecular formula is C12H7ClN2O4. The quantitative estimate of drug-likeness (QED) is 0.635. The predicted octanol–water partition coefficient (Wildman–Crippen LogP) is 1.88. The fourth-order valence-electron chi connectivity index (χ4n) is 1.81. The van der Waals surface area contributed by atoms with Gasteiger partial charge >= 0.3 is 11.8 Å². The molecule has 3 rings (SSSR count). The van der Waals surface area contributed by atoms with E-state index in [1.54, 1.807) is 18.2 Å². The molecule has 0 bridgehead atoms. The molecule has 2 heterocycles. The number of hydrogen-bond donors (Lipinski definition) is 0. The van der Waals surface area contributed by atoms with Gasteiger partial charge in [-0.05, 0) is 18.2 Å². The average Bonchev–Trinajstić information content (AvgIpc) is 2.75. The molecule has 0 spiro atoms. The zero-order valence-corrected chi connectivity index (χ0v) is 10.5. The highest BCUT2D eigenvalue weighted by Crippen LogP contribution is 2.21. The normalized spacial score (nSPS) is 11.1. The molecular weight excluding hydrogens is 272 g/mol. The minimum atomic E-state index is -0.696. The molecule has 2 aromatic heterocycles. The molecule has 0 fully saturated rings. The van der Waals surface area contributed by atoms with E-state index in [4.69, 9.17) is 16.0 Å². The summed E-state index contributed by atoms with van der Waals surface area (Å²) in [5.41, 5.74) is 0.413. The van der Waals surface area contributed by atoms with Crippen LogP contribution in [0.5, 0.6) is 0 Å². The number of benzene rings is 1. The third-order valence-electron chi connectivity index (χ3n) is 2.65. The lowest BCUT2D eigenvalue weighted by Gasteiger charge is -1.97. The lowest BCUT2D eigenvalue weighted by atomic mass is 10.3. The van der Waals surface area contributed by atoms with E-state index in [0.717, 1.165) is 6.07 Å². The van der Waals surface area contributed by atoms with Crippen LogP contribution < -0.4 is 5.56 Å². The van der Waals surface area contributed by atoms with Gasteiger partial charge in [-0.2, -0.15) is 4.98 Å². The van der Waals surface area contributed by atoms with Crippen LogP contribution >= 0.6 is 11.6 Å². The number of halogens is 1. The summed E-state index contributed by atoms with van der Waals surface area (Å²) >= 11 is 5.88. The number of nitrogens with zero attached hydrogens (tertiary/aromatic N) is 2. The van der Waals surface area contributed by atoms with E-state index in [1.165, 1.54) is 11.5 Å². The lowest BCUT2D eigenvalue weighted by molar-refractivity contribution is 0.0593. The first-order valence-corrected chi connectivity index (χ1v) is 5.68. The van der Waals surface area contributed by atoms with Crippen molar-refractivity contribution in [1.29, 1.82) is 0 Å². The molecule has 0 unspecified atom stereocenters. The van der Waals surface area contributed by atoms with Gasteiger partial charge in [-0.15, -0.1) is 0 Å². The number of ether oxygens (including phenoxy) is 1. The van der Waals surface area contributed by atoms with Crippen LogP contribution in [0.15, 0.2) is 33.5 Å². The van der Waals surface area contributed by atoms with Crippen molar-refractivity contribution in [2.75, 3.05) is 7.11 Å². The van der Waals surface area contributed by atoms with E-state index in [0.29, 0.717) is 16.1 Å². The van der Waals surface area contributed by atoms with Crippen molar-refractivity contribution >= 4 is 34.5 Å². The molecule has 0 saturated carbocycles. The first-order chi connectivity index (χ1) is 9.10. The summed E-state index contributed by atoms with van der Waals surface area (Å²) in [5.74, 6) is -0.678. The standard InChI is InChI=1S/C12H7ClN2O4/c1-18-11(17)7-5-10(16)15-8-4-6(13)2-3-9(8)19-12(15)14-7/h2-5H,1H3. The maximum Gasteiger partial charge on any atom is 0.357 e. The molecule has 0 aliphatic rings. The van der Waals surface area contributed by atoms with Gasteiger partial charge in [0.05, 0.1) is 12.6 Å². The molecule has 0 radical (unpaired) electrons. The van der Waals surface area contributed by atoms with Gasteiger partial charge in [0.2, 0.25) is 0 Å². The monoisotopic (exact) mass is 278 g/mol. The van der Waals surface area contributed by atoms with E-state index >= 15 is 0 Å². The fraction of sp³-hybridized carbons (Fsp3) is 0.0833. The second kappa shape index (κ2) is 4.10. The predicted molar refractivity (Wildman–Crippen MR) is 67.6 cm³/mol. The van der Waals surface area contributed by atoms with Crippen LogP contribution in [0.3, 0.4) is 0 Å². The number of carbonyl (C=O) groups is 1. The number of hydrogen-bond acceptors (Lipinski definition) is 5. The minimum Gasteiger partial charge on any atom is -0.464 e. The van der Waals surface area contributed by atoms with Crippen molar-refractivity contribution in [3.8, 4) is 0 Å². The van der Waals surface area contributed by atoms with Gasteiger partial charge in [0.15, 0.2) is 11.3 Å². The Labute approximate surface area is 111 Å². The number of aromatic nitrogens is 2. The van der Waals surface area contributed by atoms with Crippen molar-refractivity contribution < 1.29 is 13.9 Å². The van der Waals surface area contributed by atoms with Gasteiger partial charge in [-0.25, -0.2) is 9.20 Å². The smallest absolute Gasteiger partial charge is 0.357 e. The van der Waals surface area contributed by atoms with Crippen LogP contribution in [0.4, 0.5) is 0 Å². The van der Waals surface area contributed by atoms with Crippen LogP contribution in [0.1, 0.15) is 10.5 Å². The van der Waals surface area contributed by atoms with Gasteiger partial charge in [0.1, 0.15) is 0 Å². The Kier molecular flexibility index (Phi) is 2.53. The van der Waals surface area contributed by atoms with E-state index in [9.17, 15) is 9.59 Å². The molecule has 0 aliphatic heterocycles. The molecule has 0 aliphatic carbocycles. The van der Waals surface area contributed by atoms with Gasteiger partial charge in [0, 0.05) is 11.1 Å². The maximum absolute atomic E-state index is 12.0. The summed E-state index contributed by atoms with van der Waals surface area (Å²) in [6.07, 6.45) is 0. The molecule has 96 valence electrons. The third kappa shape index (κ3) is 1.77. The highest BCUT2D eigenvalue weighted by atomic mass is 35.5. The Morgan fingerprint density at radius 3 is 2.95 bits per heavy atom. The fourth-order valence-corrected chi connectivity index (χ4v) is 1.98. The highest BCUT2D eigenvalue weighted by Gasteiger charge is 2.15. The molecule has 19 heavy (non-hydrogen) atoms. The van der Waals surface area contributed by atoms with Gasteiger partial charge < -0.3 is 9.15 Å². The third-order valence-corrected chi connectivity index (χ3v) is 2.88. The Balaban J connectivity index is 2.42. The number of esters is 1. The summed E-state index contributed by atoms with van der Waals surface area (Å²) in [5, 5.41) is 0.471. The molecule has 1 aromatic carbocycles. The zero-order chi connectivity index (χ0) is 13.6. The summed E-state index contributed by atoms with van der Waals surface area (Å²) < 4.78 is 11.2. The molecule has 0 atom stereocenters. The summed E-state index contributed by atoms with van der Waals surface area (Å²) in [6.45, 7) is 0. The van der Waals surface area contributed by atoms with Crippen molar-refractivity contribution in [2.24, 2.45) is 0 Å². The van der Waals surface area contributed by atoms with E-state index in [2.05, 4.69) is 9.72 Å². The number of methoxy groups -OCH3 is 1. The lowest BCUT2D eigenvalue weighted by Crippen LogP contribution is -2.17. The molecule has 0 N–H and O–H groups in total. The SMILES string of the molecule is COC(=O)c1cc(=O)n2c(n1)oc1ccc(Cl)cc12. The second-order valence-corrected chi connectivity index (χ2v) is 4.24. The molecule has 6 nitrogen and oxygen atoms in total. The Bertz CT molecular complexity index is 865. The number of oxazole rings is 1. The van der Waals surface area contributed by atoms with Crippen LogP contribution in [-0.2, 0) is 4.74 Å². The van der Waals surface area contributed by atoms with Gasteiger partial charge in [0.25, 0.3) is 5.56 Å². The van der Waals surface area contributed by atoms with Gasteiger partial charge in [-0.1, -0.05) is 11.6 Å². The number of rotatable bonds is 1. The van der Waals surface area contributed by atoms with Crippen LogP contribution in [-0.4, -0.2) is 22.5 Å². The molecule has 7 heteroatoms. The van der Waals surface area contributed by atoms with Gasteiger partial charge in [-0.3, -0.25) is 4.79 Å². The largest absolute Gasteiger partial charge is 0.464 e. The highest BCUT2D eigenvalue weighted by molar-refractivity contribution is 6.31. The molecule has 0 amide bonds. The zero-order valence-electron chi connectivity index (χ0n) is 9.71. The Hall–Kier alpha value is -2.34. The summed E-state index contributed by atoms with van der Waals surface area (Å²) in [4.78, 5) is 27.4. The average molecular weight is 279 g/mol. The first kappa shape index (κ1) is 11.7. The van der Waals surface area contributed by atoms with Crippen LogP contribution in [0.25, 0.3) is 16.9 Å². The minimum absolute atomic E-state index is 0.0187. The van der Waals surface area contributed by atoms with Crippen molar-refractivity contribution in [2.45, 2.75) is 0 Å². The summed E-state index contributed by atoms with van der Waals surface area (Å²) in [6, 6.07) is 5.95. The number of carbonyl (C=O) groups excluding carboxylic acids is 1. The Morgan fingerprint density at radius 1 is 1.42 bits per heavy atom. The Morgan fingerprint density at radius 2 is 2.21 bits per heavy atom. The van der Waals surface area contributed by atoms with Crippen molar-refractivity contribution in [3.05, 3.63) is 45.3 Å². The van der Waals surface area contributed by atoms with E-state index in [-0.39, 0.29) is 11.5 Å².